The number of benzene rings is 1. The van der Waals surface area contributed by atoms with Gasteiger partial charge in [0.1, 0.15) is 5.00 Å². The first kappa shape index (κ1) is 17.2. The van der Waals surface area contributed by atoms with Crippen molar-refractivity contribution < 1.29 is 14.6 Å². The first-order valence-electron chi connectivity index (χ1n) is 8.17. The number of carbonyl (C=O) groups is 1. The van der Waals surface area contributed by atoms with Crippen molar-refractivity contribution in [3.63, 3.8) is 0 Å². The van der Waals surface area contributed by atoms with Crippen LogP contribution in [0.15, 0.2) is 35.3 Å². The lowest BCUT2D eigenvalue weighted by atomic mass is 10.2. The van der Waals surface area contributed by atoms with Gasteiger partial charge in [-0.3, -0.25) is 0 Å². The molecule has 0 aliphatic heterocycles. The minimum absolute atomic E-state index is 0.148. The summed E-state index contributed by atoms with van der Waals surface area (Å²) in [6.45, 7) is 4.14. The van der Waals surface area contributed by atoms with Gasteiger partial charge in [-0.2, -0.15) is 0 Å². The summed E-state index contributed by atoms with van der Waals surface area (Å²) in [5.74, 6) is -0.220. The fraction of sp³-hybridized carbons (Fsp3) is 0.263. The van der Waals surface area contributed by atoms with Crippen LogP contribution in [0.2, 0.25) is 0 Å². The monoisotopic (exact) mass is 356 g/mol. The molecule has 0 saturated heterocycles. The maximum Gasteiger partial charge on any atom is 0.341 e. The van der Waals surface area contributed by atoms with Crippen LogP contribution in [0.25, 0.3) is 10.9 Å². The lowest BCUT2D eigenvalue weighted by Crippen LogP contribution is -2.03. The number of aromatic nitrogens is 1. The average molecular weight is 356 g/mol. The molecule has 0 spiro atoms. The quantitative estimate of drug-likeness (QED) is 0.543. The van der Waals surface area contributed by atoms with Crippen LogP contribution in [0.5, 0.6) is 5.88 Å². The second-order valence-electron chi connectivity index (χ2n) is 5.58. The number of esters is 1. The normalized spacial score (nSPS) is 11.5. The number of carbonyl (C=O) groups excluding carboxylic acids is 1. The van der Waals surface area contributed by atoms with Gasteiger partial charge in [0.05, 0.1) is 23.3 Å². The molecule has 2 heterocycles. The number of aliphatic imine (C=N–C) groups is 1. The molecule has 0 saturated carbocycles. The number of hydrogen-bond acceptors (Lipinski definition) is 5. The van der Waals surface area contributed by atoms with E-state index in [4.69, 9.17) is 4.74 Å². The smallest absolute Gasteiger partial charge is 0.341 e. The second kappa shape index (κ2) is 7.11. The Morgan fingerprint density at radius 2 is 2.12 bits per heavy atom. The van der Waals surface area contributed by atoms with Gasteiger partial charge in [-0.15, -0.1) is 11.3 Å². The predicted octanol–water partition coefficient (Wildman–Crippen LogP) is 4.44. The molecule has 2 aromatic heterocycles. The Bertz CT molecular complexity index is 953. The third-order valence-corrected chi connectivity index (χ3v) is 5.22. The van der Waals surface area contributed by atoms with Gasteiger partial charge < -0.3 is 14.4 Å². The number of nitrogens with zero attached hydrogens (tertiary/aromatic N) is 2. The summed E-state index contributed by atoms with van der Waals surface area (Å²) in [5.41, 5.74) is 2.03. The van der Waals surface area contributed by atoms with Crippen LogP contribution in [0.1, 0.15) is 34.6 Å². The van der Waals surface area contributed by atoms with E-state index < -0.39 is 0 Å². The topological polar surface area (TPSA) is 63.8 Å². The Hall–Kier alpha value is -2.60. The highest BCUT2D eigenvalue weighted by atomic mass is 32.1. The summed E-state index contributed by atoms with van der Waals surface area (Å²) in [4.78, 5) is 17.7. The van der Waals surface area contributed by atoms with Crippen LogP contribution < -0.4 is 0 Å². The molecule has 0 fully saturated rings. The fourth-order valence-electron chi connectivity index (χ4n) is 2.72. The summed E-state index contributed by atoms with van der Waals surface area (Å²) in [5, 5.41) is 11.9. The molecule has 3 rings (SSSR count). The molecule has 1 aromatic carbocycles. The van der Waals surface area contributed by atoms with Crippen molar-refractivity contribution in [2.24, 2.45) is 12.0 Å². The average Bonchev–Trinajstić information content (AvgIpc) is 3.14. The molecule has 0 aliphatic carbocycles. The van der Waals surface area contributed by atoms with Gasteiger partial charge in [0, 0.05) is 23.5 Å². The Morgan fingerprint density at radius 1 is 1.36 bits per heavy atom. The van der Waals surface area contributed by atoms with Gasteiger partial charge in [-0.25, -0.2) is 9.79 Å². The molecule has 5 nitrogen and oxygen atoms in total. The SMILES string of the molecule is CCOC(=O)c1cc(CC)sc1N=Cc1c(O)n(C)c2ccccc12. The molecule has 0 atom stereocenters. The van der Waals surface area contributed by atoms with E-state index >= 15 is 0 Å². The number of thiophene rings is 1. The highest BCUT2D eigenvalue weighted by Gasteiger charge is 2.17. The standard InChI is InChI=1S/C19H20N2O3S/c1-4-12-10-14(19(23)24-5-2)17(25-12)20-11-15-13-8-6-7-9-16(13)21(3)18(15)22/h6-11,22H,4-5H2,1-3H3. The number of para-hydroxylation sites is 1. The van der Waals surface area contributed by atoms with Crippen LogP contribution in [-0.4, -0.2) is 28.5 Å². The minimum atomic E-state index is -0.368. The van der Waals surface area contributed by atoms with Crippen LogP contribution in [-0.2, 0) is 18.2 Å². The summed E-state index contributed by atoms with van der Waals surface area (Å²) >= 11 is 1.46. The molecule has 3 aromatic rings. The van der Waals surface area contributed by atoms with E-state index in [9.17, 15) is 9.90 Å². The lowest BCUT2D eigenvalue weighted by molar-refractivity contribution is 0.0528. The Kier molecular flexibility index (Phi) is 4.90. The third kappa shape index (κ3) is 3.17. The Labute approximate surface area is 150 Å². The number of ether oxygens (including phenoxy) is 1. The van der Waals surface area contributed by atoms with Crippen molar-refractivity contribution in [1.82, 2.24) is 4.57 Å². The zero-order valence-corrected chi connectivity index (χ0v) is 15.3. The first-order valence-corrected chi connectivity index (χ1v) is 8.98. The predicted molar refractivity (Wildman–Crippen MR) is 101 cm³/mol. The molecule has 0 radical (unpaired) electrons. The minimum Gasteiger partial charge on any atom is -0.494 e. The van der Waals surface area contributed by atoms with Crippen LogP contribution in [0.3, 0.4) is 0 Å². The maximum absolute atomic E-state index is 12.1. The molecule has 6 heteroatoms. The van der Waals surface area contributed by atoms with Gasteiger partial charge in [0.25, 0.3) is 0 Å². The van der Waals surface area contributed by atoms with Crippen molar-refractivity contribution >= 4 is 39.4 Å². The molecule has 130 valence electrons. The summed E-state index contributed by atoms with van der Waals surface area (Å²) in [7, 11) is 1.80. The van der Waals surface area contributed by atoms with Crippen LogP contribution in [0.4, 0.5) is 5.00 Å². The molecular weight excluding hydrogens is 336 g/mol. The highest BCUT2D eigenvalue weighted by molar-refractivity contribution is 7.16. The van der Waals surface area contributed by atoms with Gasteiger partial charge in [-0.1, -0.05) is 25.1 Å². The number of rotatable bonds is 5. The first-order chi connectivity index (χ1) is 12.1. The van der Waals surface area contributed by atoms with Gasteiger partial charge in [0.15, 0.2) is 0 Å². The Balaban J connectivity index is 2.05. The summed E-state index contributed by atoms with van der Waals surface area (Å²) < 4.78 is 6.83. The lowest BCUT2D eigenvalue weighted by Gasteiger charge is -2.00. The van der Waals surface area contributed by atoms with E-state index in [0.29, 0.717) is 22.7 Å². The molecule has 0 bridgehead atoms. The van der Waals surface area contributed by atoms with Crippen molar-refractivity contribution in [3.8, 4) is 5.88 Å². The molecule has 0 amide bonds. The van der Waals surface area contributed by atoms with Crippen molar-refractivity contribution in [2.75, 3.05) is 6.61 Å². The number of aryl methyl sites for hydroxylation is 2. The Morgan fingerprint density at radius 3 is 2.84 bits per heavy atom. The van der Waals surface area contributed by atoms with Crippen LogP contribution in [0, 0.1) is 0 Å². The summed E-state index contributed by atoms with van der Waals surface area (Å²) in [6.07, 6.45) is 2.44. The van der Waals surface area contributed by atoms with E-state index in [1.165, 1.54) is 11.3 Å². The molecular formula is C19H20N2O3S. The largest absolute Gasteiger partial charge is 0.494 e. The number of aromatic hydroxyl groups is 1. The third-order valence-electron chi connectivity index (χ3n) is 4.03. The van der Waals surface area contributed by atoms with E-state index in [-0.39, 0.29) is 11.8 Å². The van der Waals surface area contributed by atoms with Crippen LogP contribution >= 0.6 is 11.3 Å². The number of hydrogen-bond donors (Lipinski definition) is 1. The van der Waals surface area contributed by atoms with E-state index in [1.807, 2.05) is 37.3 Å². The number of fused-ring (bicyclic) bond motifs is 1. The maximum atomic E-state index is 12.1. The van der Waals surface area contributed by atoms with E-state index in [1.54, 1.807) is 24.8 Å². The van der Waals surface area contributed by atoms with Crippen molar-refractivity contribution in [2.45, 2.75) is 20.3 Å². The van der Waals surface area contributed by atoms with Gasteiger partial charge in [-0.05, 0) is 25.5 Å². The zero-order chi connectivity index (χ0) is 18.0. The van der Waals surface area contributed by atoms with E-state index in [2.05, 4.69) is 4.99 Å². The molecule has 0 aliphatic rings. The van der Waals surface area contributed by atoms with Crippen molar-refractivity contribution in [3.05, 3.63) is 46.3 Å². The molecule has 0 unspecified atom stereocenters. The second-order valence-corrected chi connectivity index (χ2v) is 6.69. The molecule has 25 heavy (non-hydrogen) atoms. The van der Waals surface area contributed by atoms with Gasteiger partial charge in [0.2, 0.25) is 5.88 Å². The highest BCUT2D eigenvalue weighted by Crippen LogP contribution is 2.34. The summed E-state index contributed by atoms with van der Waals surface area (Å²) in [6, 6.07) is 9.56. The molecule has 1 N–H and O–H groups in total. The zero-order valence-electron chi connectivity index (χ0n) is 14.4. The van der Waals surface area contributed by atoms with Gasteiger partial charge >= 0.3 is 5.97 Å². The fourth-order valence-corrected chi connectivity index (χ4v) is 3.64. The van der Waals surface area contributed by atoms with Crippen molar-refractivity contribution in [1.29, 1.82) is 0 Å². The van der Waals surface area contributed by atoms with E-state index in [0.717, 1.165) is 22.2 Å².